The van der Waals surface area contributed by atoms with Crippen molar-refractivity contribution in [2.45, 2.75) is 24.9 Å². The lowest BCUT2D eigenvalue weighted by Crippen LogP contribution is -2.54. The van der Waals surface area contributed by atoms with E-state index in [-0.39, 0.29) is 24.5 Å². The Kier molecular flexibility index (Phi) is 3.03. The van der Waals surface area contributed by atoms with Crippen LogP contribution in [0.5, 0.6) is 0 Å². The highest BCUT2D eigenvalue weighted by atomic mass is 32.2. The molecule has 2 aliphatic heterocycles. The Hall–Kier alpha value is -0.170. The molecule has 0 amide bonds. The van der Waals surface area contributed by atoms with Crippen LogP contribution in [-0.4, -0.2) is 55.6 Å². The van der Waals surface area contributed by atoms with Crippen LogP contribution in [0.15, 0.2) is 0 Å². The second kappa shape index (κ2) is 3.94. The van der Waals surface area contributed by atoms with Crippen molar-refractivity contribution in [3.8, 4) is 0 Å². The zero-order valence-electron chi connectivity index (χ0n) is 9.18. The Balaban J connectivity index is 2.27. The first-order valence-electron chi connectivity index (χ1n) is 5.55. The van der Waals surface area contributed by atoms with Crippen molar-refractivity contribution >= 4 is 9.84 Å². The summed E-state index contributed by atoms with van der Waals surface area (Å²) < 4.78 is 28.2. The second-order valence-electron chi connectivity index (χ2n) is 4.92. The third-order valence-electron chi connectivity index (χ3n) is 4.03. The van der Waals surface area contributed by atoms with Crippen LogP contribution in [0, 0.1) is 5.41 Å². The molecule has 1 unspecified atom stereocenters. The van der Waals surface area contributed by atoms with E-state index in [0.717, 1.165) is 0 Å². The number of rotatable bonds is 2. The summed E-state index contributed by atoms with van der Waals surface area (Å²) in [6.07, 6.45) is 1.28. The molecule has 1 atom stereocenters. The topological polar surface area (TPSA) is 83.8 Å². The minimum atomic E-state index is -3.15. The van der Waals surface area contributed by atoms with Crippen LogP contribution in [0.3, 0.4) is 0 Å². The fourth-order valence-electron chi connectivity index (χ4n) is 2.78. The fraction of sp³-hybridized carbons (Fsp3) is 1.00. The molecule has 0 spiro atoms. The summed E-state index contributed by atoms with van der Waals surface area (Å²) in [4.78, 5) is 0. The van der Waals surface area contributed by atoms with E-state index in [1.54, 1.807) is 0 Å². The van der Waals surface area contributed by atoms with E-state index in [9.17, 15) is 18.6 Å². The lowest BCUT2D eigenvalue weighted by molar-refractivity contribution is -0.139. The van der Waals surface area contributed by atoms with Crippen molar-refractivity contribution in [1.29, 1.82) is 0 Å². The fourth-order valence-corrected chi connectivity index (χ4v) is 4.75. The molecule has 0 radical (unpaired) electrons. The second-order valence-corrected chi connectivity index (χ2v) is 7.11. The van der Waals surface area contributed by atoms with Gasteiger partial charge in [-0.2, -0.15) is 0 Å². The molecule has 6 heteroatoms. The molecule has 2 aliphatic rings. The van der Waals surface area contributed by atoms with Crippen molar-refractivity contribution in [2.75, 3.05) is 31.3 Å². The van der Waals surface area contributed by atoms with Gasteiger partial charge in [-0.3, -0.25) is 0 Å². The number of hydrogen-bond acceptors (Lipinski definition) is 5. The molecule has 0 bridgehead atoms. The minimum absolute atomic E-state index is 0.0199. The highest BCUT2D eigenvalue weighted by Crippen LogP contribution is 2.46. The smallest absolute Gasteiger partial charge is 0.153 e. The molecular formula is C10H18O5S. The monoisotopic (exact) mass is 250 g/mol. The molecule has 2 heterocycles. The van der Waals surface area contributed by atoms with Crippen LogP contribution in [0.4, 0.5) is 0 Å². The maximum atomic E-state index is 11.5. The first-order valence-corrected chi connectivity index (χ1v) is 7.37. The van der Waals surface area contributed by atoms with Crippen LogP contribution in [-0.2, 0) is 14.6 Å². The van der Waals surface area contributed by atoms with E-state index in [1.807, 2.05) is 0 Å². The highest BCUT2D eigenvalue weighted by molar-refractivity contribution is 7.91. The van der Waals surface area contributed by atoms with Gasteiger partial charge in [-0.1, -0.05) is 0 Å². The van der Waals surface area contributed by atoms with Gasteiger partial charge in [0.25, 0.3) is 0 Å². The van der Waals surface area contributed by atoms with Crippen LogP contribution >= 0.6 is 0 Å². The minimum Gasteiger partial charge on any atom is -0.396 e. The Labute approximate surface area is 95.3 Å². The van der Waals surface area contributed by atoms with E-state index in [2.05, 4.69) is 0 Å². The van der Waals surface area contributed by atoms with E-state index >= 15 is 0 Å². The van der Waals surface area contributed by atoms with Crippen molar-refractivity contribution in [3.05, 3.63) is 0 Å². The predicted octanol–water partition coefficient (Wildman–Crippen LogP) is -0.675. The maximum Gasteiger partial charge on any atom is 0.153 e. The zero-order chi connectivity index (χ0) is 11.9. The molecule has 0 aliphatic carbocycles. The molecule has 0 aromatic carbocycles. The van der Waals surface area contributed by atoms with E-state index in [0.29, 0.717) is 26.1 Å². The third-order valence-corrected chi connectivity index (χ3v) is 5.77. The van der Waals surface area contributed by atoms with Gasteiger partial charge >= 0.3 is 0 Å². The summed E-state index contributed by atoms with van der Waals surface area (Å²) in [6, 6.07) is 0. The largest absolute Gasteiger partial charge is 0.396 e. The summed E-state index contributed by atoms with van der Waals surface area (Å²) in [5.41, 5.74) is -1.97. The molecule has 2 saturated heterocycles. The van der Waals surface area contributed by atoms with Crippen molar-refractivity contribution in [1.82, 2.24) is 0 Å². The first kappa shape index (κ1) is 12.3. The molecule has 16 heavy (non-hydrogen) atoms. The normalized spacial score (nSPS) is 37.4. The van der Waals surface area contributed by atoms with Gasteiger partial charge in [0.1, 0.15) is 0 Å². The van der Waals surface area contributed by atoms with Gasteiger partial charge in [0.2, 0.25) is 0 Å². The molecule has 0 aromatic heterocycles. The van der Waals surface area contributed by atoms with Gasteiger partial charge in [-0.25, -0.2) is 8.42 Å². The van der Waals surface area contributed by atoms with Crippen molar-refractivity contribution in [2.24, 2.45) is 5.41 Å². The summed E-state index contributed by atoms with van der Waals surface area (Å²) in [5, 5.41) is 20.0. The van der Waals surface area contributed by atoms with Crippen molar-refractivity contribution in [3.63, 3.8) is 0 Å². The van der Waals surface area contributed by atoms with E-state index < -0.39 is 20.9 Å². The van der Waals surface area contributed by atoms with E-state index in [1.165, 1.54) is 0 Å². The summed E-state index contributed by atoms with van der Waals surface area (Å²) in [5.74, 6) is -0.202. The molecule has 2 fully saturated rings. The number of ether oxygens (including phenoxy) is 1. The Morgan fingerprint density at radius 3 is 2.25 bits per heavy atom. The SMILES string of the molecule is O=S1(=O)CCC(O)(C2(CO)CCOCC2)C1. The maximum absolute atomic E-state index is 11.5. The van der Waals surface area contributed by atoms with E-state index in [4.69, 9.17) is 4.74 Å². The third kappa shape index (κ3) is 1.88. The number of hydrogen-bond donors (Lipinski definition) is 2. The molecule has 2 N–H and O–H groups in total. The Bertz CT molecular complexity index is 357. The molecule has 0 saturated carbocycles. The van der Waals surface area contributed by atoms with Gasteiger partial charge < -0.3 is 14.9 Å². The quantitative estimate of drug-likeness (QED) is 0.679. The van der Waals surface area contributed by atoms with Crippen LogP contribution in [0.2, 0.25) is 0 Å². The van der Waals surface area contributed by atoms with Crippen LogP contribution in [0.1, 0.15) is 19.3 Å². The lowest BCUT2D eigenvalue weighted by atomic mass is 9.67. The summed E-state index contributed by atoms with van der Waals surface area (Å²) in [7, 11) is -3.15. The first-order chi connectivity index (χ1) is 7.43. The van der Waals surface area contributed by atoms with Gasteiger partial charge in [0.05, 0.1) is 23.7 Å². The lowest BCUT2D eigenvalue weighted by Gasteiger charge is -2.46. The van der Waals surface area contributed by atoms with Crippen LogP contribution in [0.25, 0.3) is 0 Å². The molecule has 94 valence electrons. The van der Waals surface area contributed by atoms with Gasteiger partial charge in [0.15, 0.2) is 9.84 Å². The standard InChI is InChI=1S/C10H18O5S/c11-7-9(1-4-15-5-2-9)10(12)3-6-16(13,14)8-10/h11-12H,1-8H2. The van der Waals surface area contributed by atoms with Gasteiger partial charge in [0, 0.05) is 18.6 Å². The van der Waals surface area contributed by atoms with Gasteiger partial charge in [-0.15, -0.1) is 0 Å². The molecule has 2 rings (SSSR count). The van der Waals surface area contributed by atoms with Crippen molar-refractivity contribution < 1.29 is 23.4 Å². The number of sulfone groups is 1. The zero-order valence-corrected chi connectivity index (χ0v) is 10.0. The highest BCUT2D eigenvalue weighted by Gasteiger charge is 2.55. The molecule has 5 nitrogen and oxygen atoms in total. The molecule has 0 aromatic rings. The Morgan fingerprint density at radius 2 is 1.81 bits per heavy atom. The number of aliphatic hydroxyl groups is 2. The average molecular weight is 250 g/mol. The van der Waals surface area contributed by atoms with Gasteiger partial charge in [-0.05, 0) is 19.3 Å². The van der Waals surface area contributed by atoms with Crippen LogP contribution < -0.4 is 0 Å². The Morgan fingerprint density at radius 1 is 1.19 bits per heavy atom. The summed E-state index contributed by atoms with van der Waals surface area (Å²) in [6.45, 7) is 0.772. The number of aliphatic hydroxyl groups excluding tert-OH is 1. The predicted molar refractivity (Wildman–Crippen MR) is 57.8 cm³/mol. The summed E-state index contributed by atoms with van der Waals surface area (Å²) >= 11 is 0. The average Bonchev–Trinajstić information content (AvgIpc) is 2.55. The molecular weight excluding hydrogens is 232 g/mol.